The van der Waals surface area contributed by atoms with Crippen LogP contribution >= 0.6 is 0 Å². The molecule has 0 radical (unpaired) electrons. The number of fused-ring (bicyclic) bond motifs is 1. The first-order valence-electron chi connectivity index (χ1n) is 10.3. The van der Waals surface area contributed by atoms with Gasteiger partial charge in [-0.1, -0.05) is 24.1 Å². The van der Waals surface area contributed by atoms with E-state index in [0.717, 1.165) is 28.1 Å². The van der Waals surface area contributed by atoms with Crippen molar-refractivity contribution in [2.45, 2.75) is 26.1 Å². The highest BCUT2D eigenvalue weighted by molar-refractivity contribution is 5.70. The molecule has 4 aromatic rings. The van der Waals surface area contributed by atoms with E-state index < -0.39 is 18.6 Å². The highest BCUT2D eigenvalue weighted by atomic mass is 19.4. The second kappa shape index (κ2) is 9.67. The van der Waals surface area contributed by atoms with E-state index >= 15 is 0 Å². The first kappa shape index (κ1) is 22.9. The normalized spacial score (nSPS) is 11.1. The lowest BCUT2D eigenvalue weighted by molar-refractivity contribution is -0.172. The number of anilines is 2. The number of benzene rings is 2. The Labute approximate surface area is 193 Å². The Morgan fingerprint density at radius 1 is 1.09 bits per heavy atom. The molecule has 34 heavy (non-hydrogen) atoms. The summed E-state index contributed by atoms with van der Waals surface area (Å²) >= 11 is 0. The van der Waals surface area contributed by atoms with E-state index in [9.17, 15) is 18.0 Å². The van der Waals surface area contributed by atoms with Gasteiger partial charge in [0.2, 0.25) is 0 Å². The van der Waals surface area contributed by atoms with Crippen molar-refractivity contribution in [3.8, 4) is 11.8 Å². The number of esters is 1. The average Bonchev–Trinajstić information content (AvgIpc) is 3.21. The lowest BCUT2D eigenvalue weighted by Crippen LogP contribution is -2.17. The number of hydrogen-bond acceptors (Lipinski definition) is 5. The van der Waals surface area contributed by atoms with E-state index in [-0.39, 0.29) is 6.61 Å². The fourth-order valence-corrected chi connectivity index (χ4v) is 3.11. The molecule has 0 aliphatic heterocycles. The van der Waals surface area contributed by atoms with Gasteiger partial charge in [-0.2, -0.15) is 18.3 Å². The standard InChI is InChI=1S/C25H19F3N4O2/c1-17-4-8-21(13-19(17)7-11-22-15-29-23-3-2-12-30-32(22)23)31-20-9-5-18(6-10-20)16-34-24(33)14-25(26,27)28/h2-6,8-10,12-13,15,31H,14,16H2,1H3. The molecule has 0 saturated carbocycles. The van der Waals surface area contributed by atoms with Gasteiger partial charge >= 0.3 is 12.1 Å². The molecule has 4 rings (SSSR count). The Morgan fingerprint density at radius 3 is 2.62 bits per heavy atom. The summed E-state index contributed by atoms with van der Waals surface area (Å²) in [6.07, 6.45) is -2.83. The van der Waals surface area contributed by atoms with E-state index in [2.05, 4.69) is 32.0 Å². The van der Waals surface area contributed by atoms with Crippen molar-refractivity contribution in [3.05, 3.63) is 89.4 Å². The minimum Gasteiger partial charge on any atom is -0.461 e. The molecule has 0 aliphatic carbocycles. The Bertz CT molecular complexity index is 1380. The summed E-state index contributed by atoms with van der Waals surface area (Å²) in [5.41, 5.74) is 5.41. The molecular weight excluding hydrogens is 445 g/mol. The predicted molar refractivity (Wildman–Crippen MR) is 120 cm³/mol. The number of imidazole rings is 1. The minimum atomic E-state index is -4.58. The molecule has 2 aromatic heterocycles. The number of aryl methyl sites for hydroxylation is 1. The summed E-state index contributed by atoms with van der Waals surface area (Å²) in [6.45, 7) is 1.74. The SMILES string of the molecule is Cc1ccc(Nc2ccc(COC(=O)CC(F)(F)F)cc2)cc1C#Cc1cnc2cccnn12. The van der Waals surface area contributed by atoms with Gasteiger partial charge < -0.3 is 10.1 Å². The zero-order valence-corrected chi connectivity index (χ0v) is 18.1. The van der Waals surface area contributed by atoms with Crippen LogP contribution in [0.5, 0.6) is 0 Å². The number of ether oxygens (including phenoxy) is 1. The Kier molecular flexibility index (Phi) is 6.50. The van der Waals surface area contributed by atoms with Gasteiger partial charge in [0.25, 0.3) is 0 Å². The average molecular weight is 464 g/mol. The number of hydrogen-bond donors (Lipinski definition) is 1. The molecule has 0 aliphatic rings. The van der Waals surface area contributed by atoms with Crippen LogP contribution < -0.4 is 5.32 Å². The summed E-state index contributed by atoms with van der Waals surface area (Å²) < 4.78 is 43.0. The number of carbonyl (C=O) groups is 1. The highest BCUT2D eigenvalue weighted by Gasteiger charge is 2.32. The maximum absolute atomic E-state index is 12.2. The smallest absolute Gasteiger partial charge is 0.399 e. The van der Waals surface area contributed by atoms with E-state index in [1.807, 2.05) is 37.3 Å². The first-order valence-corrected chi connectivity index (χ1v) is 10.3. The quantitative estimate of drug-likeness (QED) is 0.326. The van der Waals surface area contributed by atoms with Crippen LogP contribution in [0.3, 0.4) is 0 Å². The van der Waals surface area contributed by atoms with Gasteiger partial charge in [-0.25, -0.2) is 9.50 Å². The molecule has 0 bridgehead atoms. The van der Waals surface area contributed by atoms with Crippen molar-refractivity contribution < 1.29 is 22.7 Å². The van der Waals surface area contributed by atoms with E-state index in [4.69, 9.17) is 0 Å². The molecule has 0 saturated heterocycles. The lowest BCUT2D eigenvalue weighted by atomic mass is 10.1. The maximum Gasteiger partial charge on any atom is 0.399 e. The molecular formula is C25H19F3N4O2. The molecule has 6 nitrogen and oxygen atoms in total. The largest absolute Gasteiger partial charge is 0.461 e. The highest BCUT2D eigenvalue weighted by Crippen LogP contribution is 2.22. The third-order valence-electron chi connectivity index (χ3n) is 4.83. The van der Waals surface area contributed by atoms with Gasteiger partial charge in [0.15, 0.2) is 5.65 Å². The van der Waals surface area contributed by atoms with Crippen molar-refractivity contribution >= 4 is 23.0 Å². The molecule has 172 valence electrons. The van der Waals surface area contributed by atoms with Gasteiger partial charge in [-0.05, 0) is 60.4 Å². The molecule has 2 aromatic carbocycles. The Morgan fingerprint density at radius 2 is 1.85 bits per heavy atom. The summed E-state index contributed by atoms with van der Waals surface area (Å²) in [7, 11) is 0. The molecule has 9 heteroatoms. The van der Waals surface area contributed by atoms with Crippen molar-refractivity contribution in [2.75, 3.05) is 5.32 Å². The maximum atomic E-state index is 12.2. The fraction of sp³-hybridized carbons (Fsp3) is 0.160. The van der Waals surface area contributed by atoms with Gasteiger partial charge in [-0.15, -0.1) is 0 Å². The van der Waals surface area contributed by atoms with Crippen molar-refractivity contribution in [2.24, 2.45) is 0 Å². The van der Waals surface area contributed by atoms with Crippen LogP contribution in [0, 0.1) is 18.8 Å². The number of rotatable bonds is 5. The summed E-state index contributed by atoms with van der Waals surface area (Å²) in [4.78, 5) is 15.5. The summed E-state index contributed by atoms with van der Waals surface area (Å²) in [5.74, 6) is 4.97. The number of halogens is 3. The molecule has 2 heterocycles. The fourth-order valence-electron chi connectivity index (χ4n) is 3.11. The Balaban J connectivity index is 1.42. The van der Waals surface area contributed by atoms with Crippen LogP contribution in [0.15, 0.2) is 67.0 Å². The van der Waals surface area contributed by atoms with Crippen molar-refractivity contribution in [3.63, 3.8) is 0 Å². The van der Waals surface area contributed by atoms with Gasteiger partial charge in [0.05, 0.1) is 6.20 Å². The van der Waals surface area contributed by atoms with Crippen LogP contribution in [0.4, 0.5) is 24.5 Å². The topological polar surface area (TPSA) is 68.5 Å². The first-order chi connectivity index (χ1) is 16.3. The third kappa shape index (κ3) is 5.92. The van der Waals surface area contributed by atoms with E-state index in [1.165, 1.54) is 0 Å². The number of carbonyl (C=O) groups excluding carboxylic acids is 1. The number of nitrogens with one attached hydrogen (secondary N) is 1. The molecule has 0 amide bonds. The van der Waals surface area contributed by atoms with Crippen LogP contribution in [-0.2, 0) is 16.1 Å². The number of aromatic nitrogens is 3. The predicted octanol–water partition coefficient (Wildman–Crippen LogP) is 5.18. The summed E-state index contributed by atoms with van der Waals surface area (Å²) in [5, 5.41) is 7.52. The third-order valence-corrected chi connectivity index (χ3v) is 4.83. The zero-order chi connectivity index (χ0) is 24.1. The monoisotopic (exact) mass is 464 g/mol. The second-order valence-electron chi connectivity index (χ2n) is 7.49. The molecule has 1 N–H and O–H groups in total. The van der Waals surface area contributed by atoms with E-state index in [0.29, 0.717) is 11.3 Å². The molecule has 0 spiro atoms. The van der Waals surface area contributed by atoms with Gasteiger partial charge in [-0.3, -0.25) is 4.79 Å². The van der Waals surface area contributed by atoms with Crippen LogP contribution in [0.2, 0.25) is 0 Å². The van der Waals surface area contributed by atoms with Crippen molar-refractivity contribution in [1.82, 2.24) is 14.6 Å². The molecule has 0 fully saturated rings. The van der Waals surface area contributed by atoms with E-state index in [1.54, 1.807) is 41.2 Å². The van der Waals surface area contributed by atoms with Crippen LogP contribution in [0.1, 0.15) is 28.8 Å². The molecule has 0 unspecified atom stereocenters. The van der Waals surface area contributed by atoms with Gasteiger partial charge in [0, 0.05) is 23.1 Å². The lowest BCUT2D eigenvalue weighted by Gasteiger charge is -2.10. The summed E-state index contributed by atoms with van der Waals surface area (Å²) in [6, 6.07) is 16.3. The number of nitrogens with zero attached hydrogens (tertiary/aromatic N) is 3. The zero-order valence-electron chi connectivity index (χ0n) is 18.1. The van der Waals surface area contributed by atoms with Gasteiger partial charge in [0.1, 0.15) is 18.7 Å². The minimum absolute atomic E-state index is 0.225. The second-order valence-corrected chi connectivity index (χ2v) is 7.49. The molecule has 0 atom stereocenters. The van der Waals surface area contributed by atoms with Crippen LogP contribution in [0.25, 0.3) is 5.65 Å². The Hall–Kier alpha value is -4.32. The van der Waals surface area contributed by atoms with Crippen LogP contribution in [-0.4, -0.2) is 26.7 Å². The van der Waals surface area contributed by atoms with Crippen molar-refractivity contribution in [1.29, 1.82) is 0 Å². The number of alkyl halides is 3.